The zero-order valence-electron chi connectivity index (χ0n) is 3.63. The average Bonchev–Trinajstić information content (AvgIpc) is 1.69. The molecule has 0 spiro atoms. The first-order chi connectivity index (χ1) is 3.39. The van der Waals surface area contributed by atoms with Gasteiger partial charge in [0.2, 0.25) is 0 Å². The molecule has 0 amide bonds. The van der Waals surface area contributed by atoms with Gasteiger partial charge in [-0.2, -0.15) is 0 Å². The Morgan fingerprint density at radius 2 is 1.86 bits per heavy atom. The Labute approximate surface area is 55.9 Å². The van der Waals surface area contributed by atoms with E-state index in [0.29, 0.717) is 0 Å². The molecule has 0 unspecified atom stereocenters. The minimum absolute atomic E-state index is 1.23. The van der Waals surface area contributed by atoms with Gasteiger partial charge in [-0.3, -0.25) is 4.98 Å². The van der Waals surface area contributed by atoms with Crippen molar-refractivity contribution in [2.24, 2.45) is 0 Å². The Hall–Kier alpha value is -0.120. The molecule has 0 fully saturated rings. The van der Waals surface area contributed by atoms with Crippen LogP contribution in [-0.2, 0) is 0 Å². The number of pyridine rings is 1. The molecule has 0 aliphatic heterocycles. The topological polar surface area (TPSA) is 12.9 Å². The van der Waals surface area contributed by atoms with Crippen LogP contribution in [0.3, 0.4) is 0 Å². The molecule has 0 aliphatic rings. The second kappa shape index (κ2) is 2.26. The molecule has 0 saturated heterocycles. The van der Waals surface area contributed by atoms with Crippen LogP contribution in [0.5, 0.6) is 0 Å². The summed E-state index contributed by atoms with van der Waals surface area (Å²) in [4.78, 5) is 3.84. The molecule has 7 heavy (non-hydrogen) atoms. The van der Waals surface area contributed by atoms with Crippen molar-refractivity contribution in [1.82, 2.24) is 4.98 Å². The predicted octanol–water partition coefficient (Wildman–Crippen LogP) is 1.69. The molecule has 0 N–H and O–H groups in total. The summed E-state index contributed by atoms with van der Waals surface area (Å²) in [5, 5.41) is 0. The molecule has 2 heteroatoms. The highest BCUT2D eigenvalue weighted by Gasteiger charge is 1.75. The summed E-state index contributed by atoms with van der Waals surface area (Å²) < 4.78 is 1.23. The fourth-order valence-corrected chi connectivity index (χ4v) is 0.655. The second-order valence-electron chi connectivity index (χ2n) is 1.17. The van der Waals surface area contributed by atoms with Gasteiger partial charge in [0, 0.05) is 16.0 Å². The molecule has 0 radical (unpaired) electrons. The van der Waals surface area contributed by atoms with Crippen LogP contribution in [0.4, 0.5) is 0 Å². The van der Waals surface area contributed by atoms with Gasteiger partial charge in [0.25, 0.3) is 0 Å². The van der Waals surface area contributed by atoms with Gasteiger partial charge in [0.05, 0.1) is 0 Å². The molecular weight excluding hydrogens is 205 g/mol. The number of halogens is 1. The molecule has 1 aromatic heterocycles. The summed E-state index contributed by atoms with van der Waals surface area (Å²) in [5.41, 5.74) is 0. The first-order valence-corrected chi connectivity index (χ1v) is 3.03. The van der Waals surface area contributed by atoms with Gasteiger partial charge in [0.15, 0.2) is 0 Å². The third-order valence-electron chi connectivity index (χ3n) is 0.640. The van der Waals surface area contributed by atoms with Gasteiger partial charge in [-0.25, -0.2) is 0 Å². The van der Waals surface area contributed by atoms with E-state index in [4.69, 9.17) is 0 Å². The Bertz CT molecular complexity index is 138. The van der Waals surface area contributed by atoms with E-state index in [1.165, 1.54) is 3.57 Å². The fourth-order valence-electron chi connectivity index (χ4n) is 0.334. The molecule has 1 heterocycles. The third-order valence-corrected chi connectivity index (χ3v) is 1.36. The van der Waals surface area contributed by atoms with Gasteiger partial charge in [-0.1, -0.05) is 0 Å². The van der Waals surface area contributed by atoms with Gasteiger partial charge in [0.1, 0.15) is 0 Å². The highest BCUT2D eigenvalue weighted by Crippen LogP contribution is 1.97. The van der Waals surface area contributed by atoms with E-state index in [1.807, 2.05) is 12.1 Å². The van der Waals surface area contributed by atoms with Crippen LogP contribution in [0.15, 0.2) is 24.5 Å². The van der Waals surface area contributed by atoms with Gasteiger partial charge in [-0.15, -0.1) is 0 Å². The monoisotopic (exact) mass is 209 g/mol. The molecule has 0 aliphatic carbocycles. The van der Waals surface area contributed by atoms with Crippen LogP contribution in [0, 0.1) is 3.57 Å². The maximum absolute atomic E-state index is 3.84. The molecule has 0 atom stereocenters. The Morgan fingerprint density at radius 1 is 1.29 bits per heavy atom. The molecule has 0 saturated carbocycles. The van der Waals surface area contributed by atoms with Gasteiger partial charge in [-0.05, 0) is 34.7 Å². The third kappa shape index (κ3) is 1.43. The second-order valence-corrected chi connectivity index (χ2v) is 2.41. The summed E-state index contributed by atoms with van der Waals surface area (Å²) in [5.74, 6) is 0. The van der Waals surface area contributed by atoms with Crippen LogP contribution >= 0.6 is 22.6 Å². The number of rotatable bonds is 0. The van der Waals surface area contributed by atoms with E-state index in [2.05, 4.69) is 27.6 Å². The van der Waals surface area contributed by atoms with E-state index >= 15 is 0 Å². The standard InChI is InChI=1S/C5H4IN/c6-5-1-3-7-4-2-5/h1-4H/i6+4. The Balaban J connectivity index is 3.02. The summed E-state index contributed by atoms with van der Waals surface area (Å²) in [6, 6.07) is 3.92. The molecule has 1 aromatic rings. The molecular formula is C5H4IN. The lowest BCUT2D eigenvalue weighted by Crippen LogP contribution is -1.67. The molecule has 1 nitrogen and oxygen atoms in total. The number of hydrogen-bond donors (Lipinski definition) is 0. The SMILES string of the molecule is [131I]c1ccncc1. The molecule has 36 valence electrons. The molecule has 0 aromatic carbocycles. The minimum atomic E-state index is 1.23. The van der Waals surface area contributed by atoms with Gasteiger partial charge >= 0.3 is 0 Å². The highest BCUT2D eigenvalue weighted by atomic mass is 131. The number of hydrogen-bond acceptors (Lipinski definition) is 1. The Kier molecular flexibility index (Phi) is 1.62. The lowest BCUT2D eigenvalue weighted by atomic mass is 10.5. The first kappa shape index (κ1) is 5.03. The largest absolute Gasteiger partial charge is 0.265 e. The van der Waals surface area contributed by atoms with Gasteiger partial charge < -0.3 is 0 Å². The smallest absolute Gasteiger partial charge is 0.0278 e. The van der Waals surface area contributed by atoms with E-state index in [0.717, 1.165) is 0 Å². The number of aromatic nitrogens is 1. The van der Waals surface area contributed by atoms with Crippen molar-refractivity contribution < 1.29 is 0 Å². The van der Waals surface area contributed by atoms with Crippen LogP contribution < -0.4 is 0 Å². The fraction of sp³-hybridized carbons (Fsp3) is 0. The van der Waals surface area contributed by atoms with E-state index in [9.17, 15) is 0 Å². The Morgan fingerprint density at radius 3 is 2.14 bits per heavy atom. The summed E-state index contributed by atoms with van der Waals surface area (Å²) in [6.07, 6.45) is 3.56. The summed E-state index contributed by atoms with van der Waals surface area (Å²) >= 11 is 2.24. The van der Waals surface area contributed by atoms with E-state index in [1.54, 1.807) is 12.4 Å². The zero-order chi connectivity index (χ0) is 5.11. The van der Waals surface area contributed by atoms with Crippen molar-refractivity contribution in [3.05, 3.63) is 28.1 Å². The lowest BCUT2D eigenvalue weighted by molar-refractivity contribution is 1.32. The first-order valence-electron chi connectivity index (χ1n) is 1.95. The normalized spacial score (nSPS) is 8.71. The molecule has 1 rings (SSSR count). The predicted molar refractivity (Wildman–Crippen MR) is 37.0 cm³/mol. The van der Waals surface area contributed by atoms with Crippen molar-refractivity contribution in [2.75, 3.05) is 0 Å². The van der Waals surface area contributed by atoms with Crippen molar-refractivity contribution >= 4 is 22.6 Å². The van der Waals surface area contributed by atoms with Crippen LogP contribution in [0.2, 0.25) is 0 Å². The maximum atomic E-state index is 3.84. The van der Waals surface area contributed by atoms with Crippen LogP contribution in [-0.4, -0.2) is 4.98 Å². The van der Waals surface area contributed by atoms with E-state index in [-0.39, 0.29) is 0 Å². The lowest BCUT2D eigenvalue weighted by Gasteiger charge is -1.80. The minimum Gasteiger partial charge on any atom is -0.265 e. The highest BCUT2D eigenvalue weighted by molar-refractivity contribution is 14.1. The van der Waals surface area contributed by atoms with Crippen LogP contribution in [0.25, 0.3) is 0 Å². The van der Waals surface area contributed by atoms with Crippen molar-refractivity contribution in [3.63, 3.8) is 0 Å². The summed E-state index contributed by atoms with van der Waals surface area (Å²) in [6.45, 7) is 0. The van der Waals surface area contributed by atoms with Crippen molar-refractivity contribution in [1.29, 1.82) is 0 Å². The number of nitrogens with zero attached hydrogens (tertiary/aromatic N) is 1. The summed E-state index contributed by atoms with van der Waals surface area (Å²) in [7, 11) is 0. The maximum Gasteiger partial charge on any atom is 0.0278 e. The van der Waals surface area contributed by atoms with Crippen molar-refractivity contribution in [3.8, 4) is 0 Å². The average molecular weight is 209 g/mol. The van der Waals surface area contributed by atoms with E-state index < -0.39 is 0 Å². The molecule has 0 bridgehead atoms. The van der Waals surface area contributed by atoms with Crippen molar-refractivity contribution in [2.45, 2.75) is 0 Å². The zero-order valence-corrected chi connectivity index (χ0v) is 5.79. The van der Waals surface area contributed by atoms with Crippen LogP contribution in [0.1, 0.15) is 0 Å². The quantitative estimate of drug-likeness (QED) is 0.592.